The van der Waals surface area contributed by atoms with E-state index in [9.17, 15) is 14.4 Å². The predicted molar refractivity (Wildman–Crippen MR) is 181 cm³/mol. The summed E-state index contributed by atoms with van der Waals surface area (Å²) in [6.45, 7) is 0.0962. The van der Waals surface area contributed by atoms with E-state index in [1.54, 1.807) is 47.0 Å². The highest BCUT2D eigenvalue weighted by molar-refractivity contribution is 8.27. The number of anilines is 1. The van der Waals surface area contributed by atoms with Crippen LogP contribution in [0.1, 0.15) is 11.1 Å². The Balaban J connectivity index is 1.39. The van der Waals surface area contributed by atoms with E-state index < -0.39 is 11.2 Å². The second kappa shape index (κ2) is 12.2. The number of aromatic nitrogens is 4. The first-order valence-corrected chi connectivity index (χ1v) is 15.3. The van der Waals surface area contributed by atoms with Crippen LogP contribution in [-0.2, 0) is 25.4 Å². The summed E-state index contributed by atoms with van der Waals surface area (Å²) >= 11 is 19.3. The van der Waals surface area contributed by atoms with Gasteiger partial charge in [-0.1, -0.05) is 77.5 Å². The Bertz CT molecular complexity index is 2180. The third kappa shape index (κ3) is 5.66. The number of fused-ring (bicyclic) bond motifs is 1. The molecular formula is C31H23Cl2N5O5S2. The van der Waals surface area contributed by atoms with Gasteiger partial charge < -0.3 is 9.47 Å². The number of ether oxygens (including phenoxy) is 2. The highest BCUT2D eigenvalue weighted by atomic mass is 35.5. The van der Waals surface area contributed by atoms with Crippen molar-refractivity contribution >= 4 is 80.3 Å². The number of hydrogen-bond donors (Lipinski definition) is 0. The summed E-state index contributed by atoms with van der Waals surface area (Å²) < 4.78 is 16.1. The first-order chi connectivity index (χ1) is 21.6. The first-order valence-electron chi connectivity index (χ1n) is 13.4. The molecule has 0 bridgehead atoms. The lowest BCUT2D eigenvalue weighted by atomic mass is 10.2. The third-order valence-electron chi connectivity index (χ3n) is 7.15. The van der Waals surface area contributed by atoms with Gasteiger partial charge in [-0.05, 0) is 53.6 Å². The highest BCUT2D eigenvalue weighted by Crippen LogP contribution is 2.38. The number of amides is 1. The number of aryl methyl sites for hydroxylation is 1. The van der Waals surface area contributed by atoms with Crippen LogP contribution in [0.4, 0.5) is 5.69 Å². The zero-order chi connectivity index (χ0) is 32.0. The Morgan fingerprint density at radius 2 is 1.71 bits per heavy atom. The number of thiocarbonyl (C=S) groups is 1. The van der Waals surface area contributed by atoms with Crippen LogP contribution in [-0.4, -0.2) is 36.0 Å². The summed E-state index contributed by atoms with van der Waals surface area (Å²) in [7, 11) is 4.40. The molecule has 0 aliphatic carbocycles. The standard InChI is InChI=1S/C31H23Cl2N5O5S2/c1-35-26-25(28(40)36(2)30(35)41)37(16-18-10-11-19(32)15-21(18)33)29(34-26)43-22-12-9-17(13-23(22)42-3)14-24-27(39)38(31(44)45-24)20-7-5-4-6-8-20/h4-15H,16H2,1-3H3. The van der Waals surface area contributed by atoms with Gasteiger partial charge in [0.05, 0.1) is 24.2 Å². The molecule has 228 valence electrons. The summed E-state index contributed by atoms with van der Waals surface area (Å²) in [4.78, 5) is 45.7. The molecule has 6 rings (SSSR count). The van der Waals surface area contributed by atoms with Crippen LogP contribution in [0.15, 0.2) is 81.2 Å². The van der Waals surface area contributed by atoms with E-state index in [-0.39, 0.29) is 35.4 Å². The van der Waals surface area contributed by atoms with Crippen LogP contribution in [0, 0.1) is 0 Å². The minimum atomic E-state index is -0.546. The summed E-state index contributed by atoms with van der Waals surface area (Å²) in [6.07, 6.45) is 1.73. The highest BCUT2D eigenvalue weighted by Gasteiger charge is 2.33. The minimum absolute atomic E-state index is 0.0316. The number of hydrogen-bond acceptors (Lipinski definition) is 8. The van der Waals surface area contributed by atoms with E-state index in [1.165, 1.54) is 42.4 Å². The van der Waals surface area contributed by atoms with Gasteiger partial charge in [-0.15, -0.1) is 0 Å². The molecule has 1 saturated heterocycles. The Morgan fingerprint density at radius 3 is 2.42 bits per heavy atom. The lowest BCUT2D eigenvalue weighted by molar-refractivity contribution is -0.113. The van der Waals surface area contributed by atoms with Crippen molar-refractivity contribution in [1.82, 2.24) is 18.7 Å². The van der Waals surface area contributed by atoms with Crippen molar-refractivity contribution < 1.29 is 14.3 Å². The number of para-hydroxylation sites is 1. The van der Waals surface area contributed by atoms with Gasteiger partial charge in [-0.2, -0.15) is 4.98 Å². The molecule has 1 fully saturated rings. The molecule has 0 spiro atoms. The van der Waals surface area contributed by atoms with E-state index in [1.807, 2.05) is 30.3 Å². The number of thioether (sulfide) groups is 1. The van der Waals surface area contributed by atoms with Gasteiger partial charge in [0.25, 0.3) is 11.5 Å². The van der Waals surface area contributed by atoms with Crippen LogP contribution in [0.2, 0.25) is 10.0 Å². The van der Waals surface area contributed by atoms with Crippen LogP contribution in [0.5, 0.6) is 17.5 Å². The van der Waals surface area contributed by atoms with E-state index >= 15 is 0 Å². The second-order valence-corrected chi connectivity index (χ2v) is 12.5. The number of imidazole rings is 1. The maximum Gasteiger partial charge on any atom is 0.332 e. The van der Waals surface area contributed by atoms with Gasteiger partial charge in [0.15, 0.2) is 27.0 Å². The number of carbonyl (C=O) groups excluding carboxylic acids is 1. The topological polar surface area (TPSA) is 101 Å². The van der Waals surface area contributed by atoms with Gasteiger partial charge in [0.2, 0.25) is 0 Å². The van der Waals surface area contributed by atoms with Crippen molar-refractivity contribution in [2.24, 2.45) is 14.1 Å². The Morgan fingerprint density at radius 1 is 0.956 bits per heavy atom. The molecule has 10 nitrogen and oxygen atoms in total. The molecule has 1 amide bonds. The van der Waals surface area contributed by atoms with Crippen LogP contribution in [0.3, 0.4) is 0 Å². The van der Waals surface area contributed by atoms with Gasteiger partial charge in [-0.3, -0.25) is 28.2 Å². The average molecular weight is 681 g/mol. The monoisotopic (exact) mass is 679 g/mol. The zero-order valence-corrected chi connectivity index (χ0v) is 27.1. The summed E-state index contributed by atoms with van der Waals surface area (Å²) in [5.41, 5.74) is 1.22. The Hall–Kier alpha value is -4.36. The smallest absolute Gasteiger partial charge is 0.332 e. The molecule has 2 aromatic heterocycles. The fourth-order valence-electron chi connectivity index (χ4n) is 4.85. The molecule has 1 aliphatic heterocycles. The number of halogens is 2. The third-order valence-corrected chi connectivity index (χ3v) is 9.04. The zero-order valence-electron chi connectivity index (χ0n) is 24.0. The fraction of sp³-hybridized carbons (Fsp3) is 0.129. The van der Waals surface area contributed by atoms with Crippen LogP contribution < -0.4 is 25.6 Å². The van der Waals surface area contributed by atoms with Crippen molar-refractivity contribution in [3.05, 3.63) is 114 Å². The Labute approximate surface area is 276 Å². The number of carbonyl (C=O) groups is 1. The summed E-state index contributed by atoms with van der Waals surface area (Å²) in [5, 5.41) is 0.845. The van der Waals surface area contributed by atoms with Gasteiger partial charge in [0.1, 0.15) is 0 Å². The molecule has 14 heteroatoms. The molecule has 0 atom stereocenters. The predicted octanol–water partition coefficient (Wildman–Crippen LogP) is 6.00. The molecule has 45 heavy (non-hydrogen) atoms. The molecule has 5 aromatic rings. The van der Waals surface area contributed by atoms with Crippen LogP contribution in [0.25, 0.3) is 17.2 Å². The lowest BCUT2D eigenvalue weighted by Crippen LogP contribution is -2.37. The van der Waals surface area contributed by atoms with Crippen molar-refractivity contribution in [1.29, 1.82) is 0 Å². The number of benzene rings is 3. The maximum absolute atomic E-state index is 13.3. The Kier molecular flexibility index (Phi) is 8.31. The van der Waals surface area contributed by atoms with E-state index in [0.717, 1.165) is 4.57 Å². The fourth-order valence-corrected chi connectivity index (χ4v) is 6.61. The van der Waals surface area contributed by atoms with E-state index in [2.05, 4.69) is 4.98 Å². The number of methoxy groups -OCH3 is 1. The second-order valence-electron chi connectivity index (χ2n) is 9.96. The molecule has 3 heterocycles. The quantitative estimate of drug-likeness (QED) is 0.153. The number of nitrogens with zero attached hydrogens (tertiary/aromatic N) is 5. The van der Waals surface area contributed by atoms with Gasteiger partial charge >= 0.3 is 11.7 Å². The van der Waals surface area contributed by atoms with Gasteiger partial charge in [0, 0.05) is 24.1 Å². The van der Waals surface area contributed by atoms with Gasteiger partial charge in [-0.25, -0.2) is 4.79 Å². The SMILES string of the molecule is COc1cc(C=C2SC(=S)N(c3ccccc3)C2=O)ccc1Oc1nc2c(c(=O)n(C)c(=O)n2C)n1Cc1ccc(Cl)cc1Cl. The van der Waals surface area contributed by atoms with Crippen molar-refractivity contribution in [3.8, 4) is 17.5 Å². The first kappa shape index (κ1) is 30.7. The van der Waals surface area contributed by atoms with Crippen molar-refractivity contribution in [3.63, 3.8) is 0 Å². The normalized spacial score (nSPS) is 14.2. The maximum atomic E-state index is 13.3. The molecule has 0 radical (unpaired) electrons. The molecule has 0 N–H and O–H groups in total. The summed E-state index contributed by atoms with van der Waals surface area (Å²) in [5.74, 6) is 0.400. The molecule has 3 aromatic carbocycles. The largest absolute Gasteiger partial charge is 0.493 e. The molecule has 0 saturated carbocycles. The molecule has 0 unspecified atom stereocenters. The van der Waals surface area contributed by atoms with Crippen LogP contribution >= 0.6 is 47.2 Å². The molecule has 1 aliphatic rings. The van der Waals surface area contributed by atoms with E-state index in [4.69, 9.17) is 44.9 Å². The average Bonchev–Trinajstić information content (AvgIpc) is 3.52. The van der Waals surface area contributed by atoms with Crippen molar-refractivity contribution in [2.75, 3.05) is 12.0 Å². The lowest BCUT2D eigenvalue weighted by Gasteiger charge is -2.14. The molecular weight excluding hydrogens is 657 g/mol. The summed E-state index contributed by atoms with van der Waals surface area (Å²) in [6, 6.07) is 19.4. The number of rotatable bonds is 7. The van der Waals surface area contributed by atoms with Crippen molar-refractivity contribution in [2.45, 2.75) is 6.54 Å². The minimum Gasteiger partial charge on any atom is -0.493 e. The van der Waals surface area contributed by atoms with E-state index in [0.29, 0.717) is 41.8 Å².